The summed E-state index contributed by atoms with van der Waals surface area (Å²) in [4.78, 5) is 0. The molecular formula is C9H18Zn. The molecule has 0 unspecified atom stereocenters. The van der Waals surface area contributed by atoms with Gasteiger partial charge in [0.05, 0.1) is 0 Å². The first kappa shape index (κ1) is 13.0. The van der Waals surface area contributed by atoms with E-state index in [1.165, 1.54) is 38.5 Å². The molecule has 0 saturated carbocycles. The molecule has 0 fully saturated rings. The van der Waals surface area contributed by atoms with Crippen molar-refractivity contribution in [3.8, 4) is 0 Å². The van der Waals surface area contributed by atoms with Crippen molar-refractivity contribution in [2.45, 2.75) is 45.4 Å². The normalized spacial score (nSPS) is 8.50. The molecule has 0 aliphatic heterocycles. The maximum atomic E-state index is 3.68. The Balaban J connectivity index is 0. The molecule has 0 atom stereocenters. The quantitative estimate of drug-likeness (QED) is 0.342. The fraction of sp³-hybridized carbons (Fsp3) is 0.778. The Bertz CT molecular complexity index is 59.7. The Kier molecular flexibility index (Phi) is 15.7. The number of hydrogen-bond acceptors (Lipinski definition) is 0. The van der Waals surface area contributed by atoms with Crippen LogP contribution in [0.4, 0.5) is 0 Å². The molecule has 56 valence electrons. The third-order valence-electron chi connectivity index (χ3n) is 1.51. The van der Waals surface area contributed by atoms with E-state index in [4.69, 9.17) is 0 Å². The van der Waals surface area contributed by atoms with Gasteiger partial charge in [0, 0.05) is 19.5 Å². The van der Waals surface area contributed by atoms with Crippen molar-refractivity contribution < 1.29 is 19.5 Å². The number of allylic oxidation sites excluding steroid dienone is 1. The summed E-state index contributed by atoms with van der Waals surface area (Å²) in [5, 5.41) is 0. The van der Waals surface area contributed by atoms with Crippen LogP contribution in [-0.2, 0) is 19.5 Å². The van der Waals surface area contributed by atoms with E-state index in [0.29, 0.717) is 0 Å². The predicted octanol–water partition coefficient (Wildman–Crippen LogP) is 3.53. The van der Waals surface area contributed by atoms with Crippen LogP contribution < -0.4 is 0 Å². The second kappa shape index (κ2) is 12.1. The zero-order valence-corrected chi connectivity index (χ0v) is 10.2. The Labute approximate surface area is 77.9 Å². The maximum absolute atomic E-state index is 3.68. The smallest absolute Gasteiger partial charge is 0 e. The van der Waals surface area contributed by atoms with E-state index in [1.807, 2.05) is 6.08 Å². The van der Waals surface area contributed by atoms with Crippen molar-refractivity contribution in [2.24, 2.45) is 0 Å². The summed E-state index contributed by atoms with van der Waals surface area (Å²) in [5.41, 5.74) is 0. The molecule has 0 aliphatic rings. The summed E-state index contributed by atoms with van der Waals surface area (Å²) < 4.78 is 0. The Hall–Kier alpha value is 0.363. The van der Waals surface area contributed by atoms with Gasteiger partial charge < -0.3 is 0 Å². The van der Waals surface area contributed by atoms with Gasteiger partial charge in [-0.05, 0) is 12.8 Å². The number of hydrogen-bond donors (Lipinski definition) is 0. The van der Waals surface area contributed by atoms with E-state index in [-0.39, 0.29) is 19.5 Å². The van der Waals surface area contributed by atoms with Crippen LogP contribution in [0.2, 0.25) is 0 Å². The van der Waals surface area contributed by atoms with Crippen LogP contribution in [0.1, 0.15) is 45.4 Å². The SMILES string of the molecule is C=CCCCCCCC.[Zn]. The molecular weight excluding hydrogens is 173 g/mol. The summed E-state index contributed by atoms with van der Waals surface area (Å²) in [6.45, 7) is 5.92. The molecule has 0 radical (unpaired) electrons. The minimum atomic E-state index is 0. The molecule has 0 amide bonds. The zero-order valence-electron chi connectivity index (χ0n) is 7.23. The van der Waals surface area contributed by atoms with E-state index in [0.717, 1.165) is 0 Å². The summed E-state index contributed by atoms with van der Waals surface area (Å²) in [7, 11) is 0. The van der Waals surface area contributed by atoms with Gasteiger partial charge >= 0.3 is 0 Å². The van der Waals surface area contributed by atoms with Crippen molar-refractivity contribution in [3.63, 3.8) is 0 Å². The van der Waals surface area contributed by atoms with E-state index in [2.05, 4.69) is 13.5 Å². The van der Waals surface area contributed by atoms with Gasteiger partial charge in [-0.3, -0.25) is 0 Å². The molecule has 1 heteroatoms. The van der Waals surface area contributed by atoms with E-state index in [1.54, 1.807) is 0 Å². The zero-order chi connectivity index (χ0) is 6.95. The minimum absolute atomic E-state index is 0. The van der Waals surface area contributed by atoms with Crippen molar-refractivity contribution in [1.29, 1.82) is 0 Å². The summed E-state index contributed by atoms with van der Waals surface area (Å²) in [5.74, 6) is 0. The van der Waals surface area contributed by atoms with Crippen molar-refractivity contribution >= 4 is 0 Å². The Morgan fingerprint density at radius 1 is 1.10 bits per heavy atom. The van der Waals surface area contributed by atoms with Gasteiger partial charge in [-0.15, -0.1) is 6.58 Å². The first-order valence-electron chi connectivity index (χ1n) is 4.02. The van der Waals surface area contributed by atoms with Gasteiger partial charge in [0.25, 0.3) is 0 Å². The van der Waals surface area contributed by atoms with E-state index in [9.17, 15) is 0 Å². The van der Waals surface area contributed by atoms with Gasteiger partial charge in [0.1, 0.15) is 0 Å². The summed E-state index contributed by atoms with van der Waals surface area (Å²) >= 11 is 0. The molecule has 10 heavy (non-hydrogen) atoms. The van der Waals surface area contributed by atoms with Crippen LogP contribution in [0.3, 0.4) is 0 Å². The third kappa shape index (κ3) is 11.2. The first-order chi connectivity index (χ1) is 4.41. The molecule has 0 bridgehead atoms. The third-order valence-corrected chi connectivity index (χ3v) is 1.51. The van der Waals surface area contributed by atoms with Gasteiger partial charge in [-0.2, -0.15) is 0 Å². The van der Waals surface area contributed by atoms with Crippen LogP contribution in [-0.4, -0.2) is 0 Å². The largest absolute Gasteiger partial charge is 0.103 e. The molecule has 0 N–H and O–H groups in total. The molecule has 0 nitrogen and oxygen atoms in total. The van der Waals surface area contributed by atoms with Gasteiger partial charge in [-0.25, -0.2) is 0 Å². The van der Waals surface area contributed by atoms with E-state index >= 15 is 0 Å². The van der Waals surface area contributed by atoms with Gasteiger partial charge in [0.2, 0.25) is 0 Å². The second-order valence-electron chi connectivity index (χ2n) is 2.49. The fourth-order valence-corrected chi connectivity index (χ4v) is 0.892. The average Bonchev–Trinajstić information content (AvgIpc) is 1.89. The van der Waals surface area contributed by atoms with Crippen LogP contribution in [0.25, 0.3) is 0 Å². The first-order valence-corrected chi connectivity index (χ1v) is 4.02. The molecule has 0 aromatic carbocycles. The molecule has 0 saturated heterocycles. The van der Waals surface area contributed by atoms with Crippen molar-refractivity contribution in [3.05, 3.63) is 12.7 Å². The second-order valence-corrected chi connectivity index (χ2v) is 2.49. The predicted molar refractivity (Wildman–Crippen MR) is 43.6 cm³/mol. The van der Waals surface area contributed by atoms with E-state index < -0.39 is 0 Å². The molecule has 0 aromatic heterocycles. The topological polar surface area (TPSA) is 0 Å². The molecule has 0 rings (SSSR count). The standard InChI is InChI=1S/C9H18.Zn/c1-3-5-7-9-8-6-4-2;/h3H,1,4-9H2,2H3;. The molecule has 0 aromatic rings. The number of unbranched alkanes of at least 4 members (excludes halogenated alkanes) is 5. The van der Waals surface area contributed by atoms with Crippen LogP contribution in [0.15, 0.2) is 12.7 Å². The van der Waals surface area contributed by atoms with Gasteiger partial charge in [-0.1, -0.05) is 38.7 Å². The Morgan fingerprint density at radius 3 is 2.20 bits per heavy atom. The average molecular weight is 192 g/mol. The molecule has 0 aliphatic carbocycles. The van der Waals surface area contributed by atoms with Crippen LogP contribution in [0, 0.1) is 0 Å². The molecule has 0 heterocycles. The minimum Gasteiger partial charge on any atom is -0.103 e. The molecule has 0 spiro atoms. The number of rotatable bonds is 6. The van der Waals surface area contributed by atoms with Gasteiger partial charge in [0.15, 0.2) is 0 Å². The summed E-state index contributed by atoms with van der Waals surface area (Å²) in [6, 6.07) is 0. The fourth-order valence-electron chi connectivity index (χ4n) is 0.892. The van der Waals surface area contributed by atoms with Crippen molar-refractivity contribution in [2.75, 3.05) is 0 Å². The van der Waals surface area contributed by atoms with Crippen LogP contribution in [0.5, 0.6) is 0 Å². The maximum Gasteiger partial charge on any atom is 0 e. The van der Waals surface area contributed by atoms with Crippen molar-refractivity contribution in [1.82, 2.24) is 0 Å². The Morgan fingerprint density at radius 2 is 1.70 bits per heavy atom. The monoisotopic (exact) mass is 190 g/mol. The van der Waals surface area contributed by atoms with Crippen LogP contribution >= 0.6 is 0 Å². The summed E-state index contributed by atoms with van der Waals surface area (Å²) in [6.07, 6.45) is 10.1.